The summed E-state index contributed by atoms with van der Waals surface area (Å²) < 4.78 is 1.63. The van der Waals surface area contributed by atoms with Crippen LogP contribution in [0.1, 0.15) is 23.9 Å². The van der Waals surface area contributed by atoms with Gasteiger partial charge < -0.3 is 5.32 Å². The van der Waals surface area contributed by atoms with E-state index in [0.29, 0.717) is 16.2 Å². The zero-order valence-corrected chi connectivity index (χ0v) is 15.9. The SMILES string of the molecule is C[C@@H]1CCc2nc(NC(=O)CSc3nnnn3-c3ccccc3)sc2C1. The number of amides is 1. The predicted molar refractivity (Wildman–Crippen MR) is 102 cm³/mol. The molecule has 0 radical (unpaired) electrons. The minimum atomic E-state index is -0.100. The first-order valence-electron chi connectivity index (χ1n) is 8.44. The van der Waals surface area contributed by atoms with E-state index < -0.39 is 0 Å². The number of nitrogens with zero attached hydrogens (tertiary/aromatic N) is 5. The van der Waals surface area contributed by atoms with Crippen LogP contribution in [0.2, 0.25) is 0 Å². The molecule has 3 aromatic rings. The molecule has 0 unspecified atom stereocenters. The normalized spacial score (nSPS) is 16.3. The number of thiazole rings is 1. The Morgan fingerprint density at radius 3 is 3.08 bits per heavy atom. The number of carbonyl (C=O) groups excluding carboxylic acids is 1. The number of hydrogen-bond acceptors (Lipinski definition) is 7. The van der Waals surface area contributed by atoms with Crippen molar-refractivity contribution in [2.45, 2.75) is 31.3 Å². The Morgan fingerprint density at radius 2 is 2.23 bits per heavy atom. The summed E-state index contributed by atoms with van der Waals surface area (Å²) in [6.45, 7) is 2.26. The lowest BCUT2D eigenvalue weighted by molar-refractivity contribution is -0.113. The highest BCUT2D eigenvalue weighted by Crippen LogP contribution is 2.32. The van der Waals surface area contributed by atoms with E-state index in [2.05, 4.69) is 32.7 Å². The minimum absolute atomic E-state index is 0.100. The van der Waals surface area contributed by atoms with E-state index in [1.54, 1.807) is 16.0 Å². The second kappa shape index (κ2) is 7.55. The number of hydrogen-bond donors (Lipinski definition) is 1. The number of benzene rings is 1. The molecule has 9 heteroatoms. The molecule has 0 saturated heterocycles. The van der Waals surface area contributed by atoms with Crippen molar-refractivity contribution in [2.24, 2.45) is 5.92 Å². The topological polar surface area (TPSA) is 85.6 Å². The number of nitrogens with one attached hydrogen (secondary N) is 1. The van der Waals surface area contributed by atoms with Crippen molar-refractivity contribution in [3.8, 4) is 5.69 Å². The first kappa shape index (κ1) is 17.2. The molecule has 1 amide bonds. The van der Waals surface area contributed by atoms with Gasteiger partial charge in [-0.05, 0) is 47.7 Å². The number of thioether (sulfide) groups is 1. The maximum absolute atomic E-state index is 12.3. The van der Waals surface area contributed by atoms with Crippen molar-refractivity contribution >= 4 is 34.1 Å². The molecule has 0 bridgehead atoms. The Bertz CT molecular complexity index is 907. The van der Waals surface area contributed by atoms with Crippen LogP contribution in [0.25, 0.3) is 5.69 Å². The van der Waals surface area contributed by atoms with Gasteiger partial charge in [0, 0.05) is 4.88 Å². The first-order chi connectivity index (χ1) is 12.7. The lowest BCUT2D eigenvalue weighted by Crippen LogP contribution is -2.14. The van der Waals surface area contributed by atoms with Crippen LogP contribution in [0.5, 0.6) is 0 Å². The summed E-state index contributed by atoms with van der Waals surface area (Å²) in [4.78, 5) is 18.2. The van der Waals surface area contributed by atoms with Crippen molar-refractivity contribution < 1.29 is 4.79 Å². The second-order valence-electron chi connectivity index (χ2n) is 6.28. The van der Waals surface area contributed by atoms with E-state index in [1.165, 1.54) is 23.1 Å². The summed E-state index contributed by atoms with van der Waals surface area (Å²) in [7, 11) is 0. The van der Waals surface area contributed by atoms with Crippen molar-refractivity contribution in [3.63, 3.8) is 0 Å². The van der Waals surface area contributed by atoms with E-state index in [-0.39, 0.29) is 11.7 Å². The summed E-state index contributed by atoms with van der Waals surface area (Å²) in [6.07, 6.45) is 3.23. The van der Waals surface area contributed by atoms with Gasteiger partial charge in [-0.3, -0.25) is 4.79 Å². The third kappa shape index (κ3) is 3.78. The molecule has 2 heterocycles. The fourth-order valence-corrected chi connectivity index (χ4v) is 4.76. The largest absolute Gasteiger partial charge is 0.301 e. The molecule has 7 nitrogen and oxygen atoms in total. The smallest absolute Gasteiger partial charge is 0.236 e. The van der Waals surface area contributed by atoms with Gasteiger partial charge in [0.25, 0.3) is 0 Å². The van der Waals surface area contributed by atoms with Gasteiger partial charge in [0.2, 0.25) is 11.1 Å². The molecule has 1 aromatic carbocycles. The molecule has 4 rings (SSSR count). The van der Waals surface area contributed by atoms with Gasteiger partial charge >= 0.3 is 0 Å². The molecule has 26 heavy (non-hydrogen) atoms. The van der Waals surface area contributed by atoms with Crippen LogP contribution in [0.4, 0.5) is 5.13 Å². The Labute approximate surface area is 159 Å². The molecule has 1 N–H and O–H groups in total. The molecule has 2 aromatic heterocycles. The Kier molecular flexibility index (Phi) is 4.98. The van der Waals surface area contributed by atoms with Gasteiger partial charge in [-0.15, -0.1) is 16.4 Å². The highest BCUT2D eigenvalue weighted by Gasteiger charge is 2.20. The number of para-hydroxylation sites is 1. The number of aryl methyl sites for hydroxylation is 1. The van der Waals surface area contributed by atoms with Crippen molar-refractivity contribution in [1.29, 1.82) is 0 Å². The molecule has 1 atom stereocenters. The molecule has 0 aliphatic heterocycles. The highest BCUT2D eigenvalue weighted by atomic mass is 32.2. The summed E-state index contributed by atoms with van der Waals surface area (Å²) in [5.41, 5.74) is 2.01. The van der Waals surface area contributed by atoms with Crippen LogP contribution < -0.4 is 5.32 Å². The summed E-state index contributed by atoms with van der Waals surface area (Å²) in [5, 5.41) is 15.9. The van der Waals surface area contributed by atoms with Crippen LogP contribution in [-0.4, -0.2) is 36.9 Å². The van der Waals surface area contributed by atoms with Gasteiger partial charge in [0.1, 0.15) is 0 Å². The predicted octanol–water partition coefficient (Wildman–Crippen LogP) is 2.97. The van der Waals surface area contributed by atoms with Gasteiger partial charge in [0.15, 0.2) is 5.13 Å². The molecule has 1 aliphatic carbocycles. The van der Waals surface area contributed by atoms with Gasteiger partial charge in [0.05, 0.1) is 17.1 Å². The Morgan fingerprint density at radius 1 is 1.38 bits per heavy atom. The molecule has 1 aliphatic rings. The fourth-order valence-electron chi connectivity index (χ4n) is 2.88. The van der Waals surface area contributed by atoms with E-state index in [4.69, 9.17) is 0 Å². The number of tetrazole rings is 1. The van der Waals surface area contributed by atoms with E-state index in [9.17, 15) is 4.79 Å². The number of carbonyl (C=O) groups is 1. The number of aromatic nitrogens is 5. The zero-order chi connectivity index (χ0) is 17.9. The Hall–Kier alpha value is -2.26. The van der Waals surface area contributed by atoms with Gasteiger partial charge in [-0.2, -0.15) is 4.68 Å². The quantitative estimate of drug-likeness (QED) is 0.679. The first-order valence-corrected chi connectivity index (χ1v) is 10.2. The maximum Gasteiger partial charge on any atom is 0.236 e. The van der Waals surface area contributed by atoms with Crippen LogP contribution >= 0.6 is 23.1 Å². The summed E-state index contributed by atoms with van der Waals surface area (Å²) in [6, 6.07) is 9.61. The lowest BCUT2D eigenvalue weighted by atomic mass is 9.93. The molecule has 0 spiro atoms. The van der Waals surface area contributed by atoms with Crippen LogP contribution in [0, 0.1) is 5.92 Å². The van der Waals surface area contributed by atoms with Gasteiger partial charge in [-0.1, -0.05) is 36.9 Å². The van der Waals surface area contributed by atoms with E-state index in [0.717, 1.165) is 24.2 Å². The van der Waals surface area contributed by atoms with Crippen molar-refractivity contribution in [3.05, 3.63) is 40.9 Å². The monoisotopic (exact) mass is 386 g/mol. The minimum Gasteiger partial charge on any atom is -0.301 e. The third-order valence-corrected chi connectivity index (χ3v) is 6.16. The van der Waals surface area contributed by atoms with E-state index in [1.807, 2.05) is 30.3 Å². The average molecular weight is 387 g/mol. The average Bonchev–Trinajstić information content (AvgIpc) is 3.26. The Balaban J connectivity index is 1.37. The summed E-state index contributed by atoms with van der Waals surface area (Å²) >= 11 is 2.90. The van der Waals surface area contributed by atoms with E-state index >= 15 is 0 Å². The van der Waals surface area contributed by atoms with Crippen LogP contribution in [0.15, 0.2) is 35.5 Å². The maximum atomic E-state index is 12.3. The molecule has 134 valence electrons. The highest BCUT2D eigenvalue weighted by molar-refractivity contribution is 7.99. The number of anilines is 1. The molecule has 0 fully saturated rings. The van der Waals surface area contributed by atoms with Crippen molar-refractivity contribution in [2.75, 3.05) is 11.1 Å². The lowest BCUT2D eigenvalue weighted by Gasteiger charge is -2.15. The molecular formula is C17H18N6OS2. The summed E-state index contributed by atoms with van der Waals surface area (Å²) in [5.74, 6) is 0.823. The zero-order valence-electron chi connectivity index (χ0n) is 14.3. The molecule has 0 saturated carbocycles. The second-order valence-corrected chi connectivity index (χ2v) is 8.31. The fraction of sp³-hybridized carbons (Fsp3) is 0.353. The number of fused-ring (bicyclic) bond motifs is 1. The number of rotatable bonds is 5. The van der Waals surface area contributed by atoms with Crippen LogP contribution in [0.3, 0.4) is 0 Å². The standard InChI is InChI=1S/C17H18N6OS2/c1-11-7-8-13-14(9-11)26-16(18-13)19-15(24)10-25-17-20-21-22-23(17)12-5-3-2-4-6-12/h2-6,11H,7-10H2,1H3,(H,18,19,24)/t11-/m1/s1. The molecular weight excluding hydrogens is 368 g/mol. The van der Waals surface area contributed by atoms with Crippen molar-refractivity contribution in [1.82, 2.24) is 25.2 Å². The van der Waals surface area contributed by atoms with Gasteiger partial charge in [-0.25, -0.2) is 4.98 Å². The van der Waals surface area contributed by atoms with Crippen LogP contribution in [-0.2, 0) is 17.6 Å². The third-order valence-electron chi connectivity index (χ3n) is 4.21.